The average Bonchev–Trinajstić information content (AvgIpc) is 2.38. The van der Waals surface area contributed by atoms with E-state index in [1.54, 1.807) is 12.1 Å². The van der Waals surface area contributed by atoms with Gasteiger partial charge in [0.05, 0.1) is 32.4 Å². The van der Waals surface area contributed by atoms with E-state index in [4.69, 9.17) is 50.5 Å². The molecule has 0 radical (unpaired) electrons. The Kier molecular flexibility index (Phi) is 4.06. The highest BCUT2D eigenvalue weighted by molar-refractivity contribution is 6.42. The maximum absolute atomic E-state index is 8.75. The molecule has 0 heterocycles. The topological polar surface area (TPSA) is 59.0 Å². The van der Waals surface area contributed by atoms with Crippen molar-refractivity contribution in [3.8, 4) is 17.6 Å². The van der Waals surface area contributed by atoms with Crippen LogP contribution in [0.5, 0.6) is 11.5 Å². The maximum Gasteiger partial charge on any atom is 0.151 e. The molecule has 2 aromatic rings. The summed E-state index contributed by atoms with van der Waals surface area (Å²) in [7, 11) is 0. The van der Waals surface area contributed by atoms with Crippen LogP contribution in [0, 0.1) is 11.3 Å². The van der Waals surface area contributed by atoms with Crippen LogP contribution in [-0.2, 0) is 0 Å². The summed E-state index contributed by atoms with van der Waals surface area (Å²) >= 11 is 17.7. The molecule has 0 aliphatic heterocycles. The van der Waals surface area contributed by atoms with E-state index in [0.29, 0.717) is 37.8 Å². The van der Waals surface area contributed by atoms with E-state index in [9.17, 15) is 0 Å². The van der Waals surface area contributed by atoms with Crippen molar-refractivity contribution < 1.29 is 4.74 Å². The van der Waals surface area contributed by atoms with E-state index >= 15 is 0 Å². The van der Waals surface area contributed by atoms with Gasteiger partial charge in [-0.05, 0) is 24.3 Å². The molecule has 0 unspecified atom stereocenters. The summed E-state index contributed by atoms with van der Waals surface area (Å²) in [5, 5.41) is 9.74. The third-order valence-electron chi connectivity index (χ3n) is 2.33. The molecule has 19 heavy (non-hydrogen) atoms. The summed E-state index contributed by atoms with van der Waals surface area (Å²) < 4.78 is 5.57. The molecule has 0 aliphatic carbocycles. The van der Waals surface area contributed by atoms with Crippen molar-refractivity contribution in [1.29, 1.82) is 5.26 Å². The summed E-state index contributed by atoms with van der Waals surface area (Å²) in [5.74, 6) is 0.728. The van der Waals surface area contributed by atoms with Crippen LogP contribution >= 0.6 is 34.8 Å². The second-order valence-corrected chi connectivity index (χ2v) is 4.88. The Morgan fingerprint density at radius 1 is 0.947 bits per heavy atom. The van der Waals surface area contributed by atoms with Crippen LogP contribution in [0.1, 0.15) is 5.56 Å². The third-order valence-corrected chi connectivity index (χ3v) is 3.35. The molecule has 2 N–H and O–H groups in total. The standard InChI is InChI=1S/C13H7Cl3N2O/c14-8-4-11(18)13(5-9(8)15)19-12-2-1-7(6-17)3-10(12)16/h1-5H,18H2. The van der Waals surface area contributed by atoms with Crippen molar-refractivity contribution >= 4 is 40.5 Å². The highest BCUT2D eigenvalue weighted by atomic mass is 35.5. The number of nitriles is 1. The number of hydrogen-bond donors (Lipinski definition) is 1. The Bertz CT molecular complexity index is 680. The molecule has 0 amide bonds. The van der Waals surface area contributed by atoms with Gasteiger partial charge in [0.15, 0.2) is 5.75 Å². The fourth-order valence-electron chi connectivity index (χ4n) is 1.40. The van der Waals surface area contributed by atoms with Crippen LogP contribution < -0.4 is 10.5 Å². The van der Waals surface area contributed by atoms with Crippen LogP contribution in [0.2, 0.25) is 15.1 Å². The van der Waals surface area contributed by atoms with Gasteiger partial charge in [-0.3, -0.25) is 0 Å². The van der Waals surface area contributed by atoms with Crippen LogP contribution in [0.25, 0.3) is 0 Å². The minimum Gasteiger partial charge on any atom is -0.454 e. The molecule has 2 aromatic carbocycles. The molecule has 2 rings (SSSR count). The second-order valence-electron chi connectivity index (χ2n) is 3.66. The van der Waals surface area contributed by atoms with Crippen molar-refractivity contribution in [2.75, 3.05) is 5.73 Å². The Morgan fingerprint density at radius 3 is 2.26 bits per heavy atom. The molecule has 0 fully saturated rings. The molecular weight excluding hydrogens is 307 g/mol. The molecule has 0 atom stereocenters. The molecule has 0 bridgehead atoms. The number of ether oxygens (including phenoxy) is 1. The van der Waals surface area contributed by atoms with E-state index in [0.717, 1.165) is 0 Å². The van der Waals surface area contributed by atoms with Gasteiger partial charge in [-0.2, -0.15) is 5.26 Å². The summed E-state index contributed by atoms with van der Waals surface area (Å²) in [6.07, 6.45) is 0. The largest absolute Gasteiger partial charge is 0.454 e. The van der Waals surface area contributed by atoms with Gasteiger partial charge in [0.25, 0.3) is 0 Å². The van der Waals surface area contributed by atoms with Crippen LogP contribution in [0.4, 0.5) is 5.69 Å². The summed E-state index contributed by atoms with van der Waals surface area (Å²) in [6.45, 7) is 0. The van der Waals surface area contributed by atoms with Crippen molar-refractivity contribution in [3.05, 3.63) is 51.0 Å². The first kappa shape index (κ1) is 13.8. The second kappa shape index (κ2) is 5.58. The van der Waals surface area contributed by atoms with E-state index in [1.165, 1.54) is 18.2 Å². The number of rotatable bonds is 2. The van der Waals surface area contributed by atoms with Gasteiger partial charge < -0.3 is 10.5 Å². The number of anilines is 1. The molecular formula is C13H7Cl3N2O. The third kappa shape index (κ3) is 3.05. The Hall–Kier alpha value is -1.60. The van der Waals surface area contributed by atoms with Gasteiger partial charge in [-0.1, -0.05) is 34.8 Å². The maximum atomic E-state index is 8.75. The minimum absolute atomic E-state index is 0.310. The number of nitrogens with zero attached hydrogens (tertiary/aromatic N) is 1. The first-order chi connectivity index (χ1) is 9.01. The molecule has 3 nitrogen and oxygen atoms in total. The van der Waals surface area contributed by atoms with Crippen molar-refractivity contribution in [2.24, 2.45) is 0 Å². The highest BCUT2D eigenvalue weighted by Crippen LogP contribution is 2.37. The molecule has 96 valence electrons. The minimum atomic E-state index is 0.310. The SMILES string of the molecule is N#Cc1ccc(Oc2cc(Cl)c(Cl)cc2N)c(Cl)c1. The van der Waals surface area contributed by atoms with Gasteiger partial charge in [-0.15, -0.1) is 0 Å². The summed E-state index contributed by atoms with van der Waals surface area (Å²) in [4.78, 5) is 0. The summed E-state index contributed by atoms with van der Waals surface area (Å²) in [6, 6.07) is 9.67. The zero-order chi connectivity index (χ0) is 14.0. The van der Waals surface area contributed by atoms with Crippen molar-refractivity contribution in [3.63, 3.8) is 0 Å². The molecule has 0 saturated heterocycles. The molecule has 0 aliphatic rings. The Labute approximate surface area is 125 Å². The first-order valence-corrected chi connectivity index (χ1v) is 6.26. The normalized spacial score (nSPS) is 10.0. The number of halogens is 3. The lowest BCUT2D eigenvalue weighted by molar-refractivity contribution is 0.485. The van der Waals surface area contributed by atoms with Gasteiger partial charge in [0.2, 0.25) is 0 Å². The van der Waals surface area contributed by atoms with Gasteiger partial charge in [0, 0.05) is 6.07 Å². The zero-order valence-corrected chi connectivity index (χ0v) is 11.7. The van der Waals surface area contributed by atoms with Crippen LogP contribution in [0.3, 0.4) is 0 Å². The lowest BCUT2D eigenvalue weighted by atomic mass is 10.2. The van der Waals surface area contributed by atoms with Crippen molar-refractivity contribution in [2.45, 2.75) is 0 Å². The van der Waals surface area contributed by atoms with Crippen molar-refractivity contribution in [1.82, 2.24) is 0 Å². The van der Waals surface area contributed by atoms with E-state index in [2.05, 4.69) is 0 Å². The average molecular weight is 314 g/mol. The van der Waals surface area contributed by atoms with Gasteiger partial charge in [-0.25, -0.2) is 0 Å². The van der Waals surface area contributed by atoms with E-state index < -0.39 is 0 Å². The fourth-order valence-corrected chi connectivity index (χ4v) is 1.95. The fraction of sp³-hybridized carbons (Fsp3) is 0. The Balaban J connectivity index is 2.37. The monoisotopic (exact) mass is 312 g/mol. The van der Waals surface area contributed by atoms with Crippen LogP contribution in [0.15, 0.2) is 30.3 Å². The zero-order valence-electron chi connectivity index (χ0n) is 9.45. The summed E-state index contributed by atoms with van der Waals surface area (Å²) in [5.41, 5.74) is 6.57. The van der Waals surface area contributed by atoms with Gasteiger partial charge >= 0.3 is 0 Å². The van der Waals surface area contributed by atoms with Crippen LogP contribution in [-0.4, -0.2) is 0 Å². The predicted molar refractivity (Wildman–Crippen MR) is 77.1 cm³/mol. The highest BCUT2D eigenvalue weighted by Gasteiger charge is 2.10. The van der Waals surface area contributed by atoms with E-state index in [1.807, 2.05) is 6.07 Å². The molecule has 0 saturated carbocycles. The smallest absolute Gasteiger partial charge is 0.151 e. The van der Waals surface area contributed by atoms with E-state index in [-0.39, 0.29) is 0 Å². The number of benzene rings is 2. The molecule has 0 spiro atoms. The Morgan fingerprint density at radius 2 is 1.63 bits per heavy atom. The number of nitrogen functional groups attached to an aromatic ring is 1. The first-order valence-electron chi connectivity index (χ1n) is 5.13. The quantitative estimate of drug-likeness (QED) is 0.803. The number of hydrogen-bond acceptors (Lipinski definition) is 3. The molecule has 6 heteroatoms. The molecule has 0 aromatic heterocycles. The lowest BCUT2D eigenvalue weighted by Gasteiger charge is -2.11. The predicted octanol–water partition coefficient (Wildman–Crippen LogP) is 4.89. The van der Waals surface area contributed by atoms with Gasteiger partial charge in [0.1, 0.15) is 5.75 Å². The lowest BCUT2D eigenvalue weighted by Crippen LogP contribution is -1.93. The number of nitrogens with two attached hydrogens (primary N) is 1.